The predicted molar refractivity (Wildman–Crippen MR) is 110 cm³/mol. The van der Waals surface area contributed by atoms with Crippen LogP contribution in [-0.2, 0) is 4.79 Å². The van der Waals surface area contributed by atoms with Crippen molar-refractivity contribution in [3.63, 3.8) is 0 Å². The van der Waals surface area contributed by atoms with E-state index < -0.39 is 0 Å². The summed E-state index contributed by atoms with van der Waals surface area (Å²) in [7, 11) is 0. The molecule has 29 heavy (non-hydrogen) atoms. The number of rotatable bonds is 3. The van der Waals surface area contributed by atoms with Gasteiger partial charge < -0.3 is 9.80 Å². The number of amides is 2. The third kappa shape index (κ3) is 3.54. The number of hydrogen-bond acceptors (Lipinski definition) is 3. The van der Waals surface area contributed by atoms with Gasteiger partial charge in [-0.15, -0.1) is 0 Å². The lowest BCUT2D eigenvalue weighted by molar-refractivity contribution is -0.142. The van der Waals surface area contributed by atoms with E-state index in [9.17, 15) is 9.59 Å². The van der Waals surface area contributed by atoms with Crippen molar-refractivity contribution in [2.45, 2.75) is 44.1 Å². The molecule has 1 unspecified atom stereocenters. The number of carbonyl (C=O) groups is 2. The highest BCUT2D eigenvalue weighted by Crippen LogP contribution is 2.48. The third-order valence-electron chi connectivity index (χ3n) is 6.93. The third-order valence-corrected chi connectivity index (χ3v) is 6.93. The molecule has 0 radical (unpaired) electrons. The van der Waals surface area contributed by atoms with Gasteiger partial charge in [0.2, 0.25) is 5.91 Å². The molecule has 2 amide bonds. The Morgan fingerprint density at radius 2 is 1.79 bits per heavy atom. The molecule has 3 aliphatic rings. The van der Waals surface area contributed by atoms with Crippen molar-refractivity contribution in [2.75, 3.05) is 19.6 Å². The van der Waals surface area contributed by atoms with Gasteiger partial charge >= 0.3 is 0 Å². The number of piperidine rings is 2. The van der Waals surface area contributed by atoms with Crippen LogP contribution < -0.4 is 0 Å². The van der Waals surface area contributed by atoms with E-state index >= 15 is 0 Å². The Balaban J connectivity index is 1.35. The summed E-state index contributed by atoms with van der Waals surface area (Å²) in [6.07, 6.45) is 8.42. The van der Waals surface area contributed by atoms with E-state index in [4.69, 9.17) is 0 Å². The van der Waals surface area contributed by atoms with Gasteiger partial charge in [-0.3, -0.25) is 14.6 Å². The Hall–Kier alpha value is -2.69. The van der Waals surface area contributed by atoms with E-state index in [-0.39, 0.29) is 17.2 Å². The van der Waals surface area contributed by atoms with Crippen molar-refractivity contribution < 1.29 is 9.59 Å². The molecule has 5 rings (SSSR count). The number of aromatic nitrogens is 1. The number of likely N-dealkylation sites (tertiary alicyclic amines) is 2. The Kier molecular flexibility index (Phi) is 4.61. The van der Waals surface area contributed by atoms with Crippen LogP contribution in [0.4, 0.5) is 0 Å². The summed E-state index contributed by atoms with van der Waals surface area (Å²) in [6, 6.07) is 14.3. The number of carbonyl (C=O) groups excluding carboxylic acids is 2. The molecule has 2 aromatic rings. The molecule has 1 aliphatic carbocycles. The molecular formula is C24H27N3O2. The molecule has 1 aromatic carbocycles. The fourth-order valence-corrected chi connectivity index (χ4v) is 5.08. The maximum atomic E-state index is 13.2. The SMILES string of the molecule is O=C(c1cccnc1)N1CCC2(CC1)CC(c1ccccc1)C(=O)N(C1CC1)C2. The molecule has 5 heteroatoms. The van der Waals surface area contributed by atoms with Crippen LogP contribution >= 0.6 is 0 Å². The normalized spacial score (nSPS) is 24.0. The number of nitrogens with zero attached hydrogens (tertiary/aromatic N) is 3. The quantitative estimate of drug-likeness (QED) is 0.808. The maximum Gasteiger partial charge on any atom is 0.255 e. The monoisotopic (exact) mass is 389 g/mol. The fourth-order valence-electron chi connectivity index (χ4n) is 5.08. The number of benzene rings is 1. The topological polar surface area (TPSA) is 53.5 Å². The van der Waals surface area contributed by atoms with Crippen molar-refractivity contribution in [2.24, 2.45) is 5.41 Å². The van der Waals surface area contributed by atoms with E-state index in [1.54, 1.807) is 12.4 Å². The van der Waals surface area contributed by atoms with Gasteiger partial charge in [-0.1, -0.05) is 30.3 Å². The lowest BCUT2D eigenvalue weighted by Crippen LogP contribution is -2.55. The molecule has 0 bridgehead atoms. The minimum absolute atomic E-state index is 0.0499. The Morgan fingerprint density at radius 3 is 2.45 bits per heavy atom. The Bertz CT molecular complexity index is 887. The molecule has 0 N–H and O–H groups in total. The van der Waals surface area contributed by atoms with Crippen molar-refractivity contribution in [3.8, 4) is 0 Å². The van der Waals surface area contributed by atoms with E-state index in [1.807, 2.05) is 35.2 Å². The van der Waals surface area contributed by atoms with Crippen LogP contribution in [0.1, 0.15) is 53.9 Å². The van der Waals surface area contributed by atoms with E-state index in [0.717, 1.165) is 57.3 Å². The van der Waals surface area contributed by atoms with Crippen molar-refractivity contribution >= 4 is 11.8 Å². The zero-order chi connectivity index (χ0) is 19.8. The van der Waals surface area contributed by atoms with E-state index in [2.05, 4.69) is 22.0 Å². The van der Waals surface area contributed by atoms with Gasteiger partial charge in [-0.05, 0) is 55.2 Å². The molecule has 3 fully saturated rings. The molecule has 150 valence electrons. The average Bonchev–Trinajstić information content (AvgIpc) is 3.62. The highest BCUT2D eigenvalue weighted by atomic mass is 16.2. The summed E-state index contributed by atoms with van der Waals surface area (Å²) in [6.45, 7) is 2.36. The largest absolute Gasteiger partial charge is 0.339 e. The second-order valence-corrected chi connectivity index (χ2v) is 8.90. The van der Waals surface area contributed by atoms with Gasteiger partial charge in [-0.25, -0.2) is 0 Å². The number of pyridine rings is 1. The molecule has 1 aromatic heterocycles. The van der Waals surface area contributed by atoms with E-state index in [0.29, 0.717) is 17.5 Å². The van der Waals surface area contributed by atoms with Gasteiger partial charge in [0.1, 0.15) is 0 Å². The van der Waals surface area contributed by atoms with Gasteiger partial charge in [0, 0.05) is 38.1 Å². The standard InChI is InChI=1S/C24H27N3O2/c28-22(19-7-4-12-25-16-19)26-13-10-24(11-14-26)15-21(18-5-2-1-3-6-18)23(29)27(17-24)20-8-9-20/h1-7,12,16,20-21H,8-11,13-15,17H2. The van der Waals surface area contributed by atoms with Crippen molar-refractivity contribution in [1.29, 1.82) is 0 Å². The van der Waals surface area contributed by atoms with Gasteiger partial charge in [0.15, 0.2) is 0 Å². The van der Waals surface area contributed by atoms with Crippen LogP contribution in [-0.4, -0.2) is 52.3 Å². The highest BCUT2D eigenvalue weighted by molar-refractivity contribution is 5.94. The zero-order valence-corrected chi connectivity index (χ0v) is 16.7. The minimum Gasteiger partial charge on any atom is -0.339 e. The van der Waals surface area contributed by atoms with E-state index in [1.165, 1.54) is 0 Å². The van der Waals surface area contributed by atoms with Crippen molar-refractivity contribution in [1.82, 2.24) is 14.8 Å². The molecule has 1 atom stereocenters. The molecule has 3 heterocycles. The average molecular weight is 389 g/mol. The highest BCUT2D eigenvalue weighted by Gasteiger charge is 2.49. The fraction of sp³-hybridized carbons (Fsp3) is 0.458. The lowest BCUT2D eigenvalue weighted by Gasteiger charge is -2.50. The summed E-state index contributed by atoms with van der Waals surface area (Å²) in [5.41, 5.74) is 1.91. The van der Waals surface area contributed by atoms with Crippen LogP contribution in [0.5, 0.6) is 0 Å². The van der Waals surface area contributed by atoms with Crippen molar-refractivity contribution in [3.05, 3.63) is 66.0 Å². The summed E-state index contributed by atoms with van der Waals surface area (Å²) in [5, 5.41) is 0. The van der Waals surface area contributed by atoms with Crippen LogP contribution in [0.25, 0.3) is 0 Å². The summed E-state index contributed by atoms with van der Waals surface area (Å²) < 4.78 is 0. The second kappa shape index (κ2) is 7.29. The second-order valence-electron chi connectivity index (χ2n) is 8.90. The first-order chi connectivity index (χ1) is 14.2. The zero-order valence-electron chi connectivity index (χ0n) is 16.7. The van der Waals surface area contributed by atoms with Crippen LogP contribution in [0.2, 0.25) is 0 Å². The molecular weight excluding hydrogens is 362 g/mol. The molecule has 2 aliphatic heterocycles. The maximum absolute atomic E-state index is 13.2. The number of hydrogen-bond donors (Lipinski definition) is 0. The predicted octanol–water partition coefficient (Wildman–Crippen LogP) is 3.48. The van der Waals surface area contributed by atoms with Crippen LogP contribution in [0, 0.1) is 5.41 Å². The van der Waals surface area contributed by atoms with Gasteiger partial charge in [0.05, 0.1) is 11.5 Å². The Labute approximate surface area is 171 Å². The first-order valence-corrected chi connectivity index (χ1v) is 10.7. The Morgan fingerprint density at radius 1 is 1.03 bits per heavy atom. The van der Waals surface area contributed by atoms with Gasteiger partial charge in [0.25, 0.3) is 5.91 Å². The summed E-state index contributed by atoms with van der Waals surface area (Å²) >= 11 is 0. The summed E-state index contributed by atoms with van der Waals surface area (Å²) in [4.78, 5) is 34.3. The molecule has 1 spiro atoms. The lowest BCUT2D eigenvalue weighted by atomic mass is 9.67. The summed E-state index contributed by atoms with van der Waals surface area (Å²) in [5.74, 6) is 0.322. The molecule has 5 nitrogen and oxygen atoms in total. The van der Waals surface area contributed by atoms with Crippen LogP contribution in [0.3, 0.4) is 0 Å². The first-order valence-electron chi connectivity index (χ1n) is 10.7. The smallest absolute Gasteiger partial charge is 0.255 e. The van der Waals surface area contributed by atoms with Crippen LogP contribution in [0.15, 0.2) is 54.9 Å². The minimum atomic E-state index is -0.0499. The first kappa shape index (κ1) is 18.3. The molecule has 1 saturated carbocycles. The molecule has 2 saturated heterocycles. The van der Waals surface area contributed by atoms with Gasteiger partial charge in [-0.2, -0.15) is 0 Å².